The molecule has 0 aliphatic carbocycles. The molecule has 4 nitrogen and oxygen atoms in total. The molecule has 1 aliphatic heterocycles. The molecule has 0 saturated carbocycles. The van der Waals surface area contributed by atoms with E-state index >= 15 is 0 Å². The van der Waals surface area contributed by atoms with Gasteiger partial charge in [-0.25, -0.2) is 4.39 Å². The van der Waals surface area contributed by atoms with Crippen LogP contribution in [-0.4, -0.2) is 30.5 Å². The number of methoxy groups -OCH3 is 1. The highest BCUT2D eigenvalue weighted by atomic mass is 19.4. The average molecular weight is 406 g/mol. The van der Waals surface area contributed by atoms with Crippen LogP contribution in [0.5, 0.6) is 5.75 Å². The molecule has 152 valence electrons. The van der Waals surface area contributed by atoms with Gasteiger partial charge in [0.2, 0.25) is 0 Å². The Bertz CT molecular complexity index is 1060. The first kappa shape index (κ1) is 19.4. The fourth-order valence-corrected chi connectivity index (χ4v) is 3.53. The molecule has 2 N–H and O–H groups in total. The Morgan fingerprint density at radius 3 is 2.55 bits per heavy atom. The zero-order valence-corrected chi connectivity index (χ0v) is 15.5. The van der Waals surface area contributed by atoms with Crippen molar-refractivity contribution >= 4 is 16.6 Å². The number of pyridine rings is 1. The third kappa shape index (κ3) is 3.37. The van der Waals surface area contributed by atoms with Gasteiger partial charge in [0.15, 0.2) is 17.2 Å². The van der Waals surface area contributed by atoms with Crippen molar-refractivity contribution in [3.63, 3.8) is 0 Å². The Kier molecular flexibility index (Phi) is 4.61. The van der Waals surface area contributed by atoms with Crippen LogP contribution in [0.15, 0.2) is 48.5 Å². The quantitative estimate of drug-likeness (QED) is 0.375. The van der Waals surface area contributed by atoms with Crippen molar-refractivity contribution in [2.24, 2.45) is 0 Å². The normalized spacial score (nSPS) is 19.9. The number of fused-ring (bicyclic) bond motifs is 1. The van der Waals surface area contributed by atoms with Gasteiger partial charge in [-0.3, -0.25) is 4.98 Å². The Labute approximate surface area is 164 Å². The molecule has 4 rings (SSSR count). The average Bonchev–Trinajstić information content (AvgIpc) is 3.48. The van der Waals surface area contributed by atoms with Crippen molar-refractivity contribution in [2.45, 2.75) is 24.1 Å². The fourth-order valence-electron chi connectivity index (χ4n) is 3.53. The standard InChI is InChI=1S/C21H18F4N2O2/c1-28-18-7-2-4-12(19(18)22)14(10-20(11-29-20)21(23,24)25)17-9-8-13-15(26)5-3-6-16(13)27-17/h2-9,14H,10-11,26H2,1H3. The van der Waals surface area contributed by atoms with Crippen LogP contribution < -0.4 is 10.5 Å². The van der Waals surface area contributed by atoms with Crippen LogP contribution in [0.25, 0.3) is 10.9 Å². The molecule has 0 bridgehead atoms. The molecule has 2 atom stereocenters. The minimum atomic E-state index is -4.57. The maximum absolute atomic E-state index is 15.0. The number of nitrogens with zero attached hydrogens (tertiary/aromatic N) is 1. The van der Waals surface area contributed by atoms with Gasteiger partial charge < -0.3 is 15.2 Å². The molecular weight excluding hydrogens is 388 g/mol. The molecule has 0 radical (unpaired) electrons. The number of alkyl halides is 3. The number of anilines is 1. The molecule has 1 aliphatic rings. The van der Waals surface area contributed by atoms with E-state index in [4.69, 9.17) is 15.2 Å². The number of benzene rings is 2. The molecule has 1 fully saturated rings. The first-order valence-electron chi connectivity index (χ1n) is 8.94. The summed E-state index contributed by atoms with van der Waals surface area (Å²) in [7, 11) is 1.30. The molecule has 8 heteroatoms. The van der Waals surface area contributed by atoms with E-state index in [2.05, 4.69) is 4.98 Å². The topological polar surface area (TPSA) is 60.7 Å². The van der Waals surface area contributed by atoms with Crippen molar-refractivity contribution in [2.75, 3.05) is 19.5 Å². The Balaban J connectivity index is 1.85. The van der Waals surface area contributed by atoms with E-state index in [0.29, 0.717) is 22.3 Å². The second kappa shape index (κ2) is 6.88. The van der Waals surface area contributed by atoms with Gasteiger partial charge in [0.05, 0.1) is 19.2 Å². The van der Waals surface area contributed by atoms with Crippen LogP contribution in [0.3, 0.4) is 0 Å². The number of ether oxygens (including phenoxy) is 2. The highest BCUT2D eigenvalue weighted by molar-refractivity contribution is 5.90. The first-order valence-corrected chi connectivity index (χ1v) is 8.94. The predicted octanol–water partition coefficient (Wildman–Crippen LogP) is 4.82. The van der Waals surface area contributed by atoms with Gasteiger partial charge in [-0.2, -0.15) is 13.2 Å². The van der Waals surface area contributed by atoms with Crippen LogP contribution in [0, 0.1) is 5.82 Å². The first-order chi connectivity index (χ1) is 13.8. The molecule has 0 spiro atoms. The van der Waals surface area contributed by atoms with E-state index in [1.54, 1.807) is 30.3 Å². The minimum Gasteiger partial charge on any atom is -0.494 e. The largest absolute Gasteiger partial charge is 0.494 e. The summed E-state index contributed by atoms with van der Waals surface area (Å²) in [5.41, 5.74) is 5.03. The van der Waals surface area contributed by atoms with Crippen molar-refractivity contribution in [3.8, 4) is 5.75 Å². The van der Waals surface area contributed by atoms with Gasteiger partial charge >= 0.3 is 6.18 Å². The number of nitrogen functional groups attached to an aromatic ring is 1. The maximum Gasteiger partial charge on any atom is 0.419 e. The van der Waals surface area contributed by atoms with Gasteiger partial charge in [0.25, 0.3) is 0 Å². The third-order valence-electron chi connectivity index (χ3n) is 5.28. The highest BCUT2D eigenvalue weighted by Crippen LogP contribution is 2.51. The lowest BCUT2D eigenvalue weighted by Crippen LogP contribution is -2.35. The SMILES string of the molecule is COc1cccc(C(CC2(C(F)(F)F)CO2)c2ccc3c(N)cccc3n2)c1F. The summed E-state index contributed by atoms with van der Waals surface area (Å²) in [6.45, 7) is -0.459. The maximum atomic E-state index is 15.0. The lowest BCUT2D eigenvalue weighted by molar-refractivity contribution is -0.186. The molecule has 0 amide bonds. The molecule has 2 unspecified atom stereocenters. The van der Waals surface area contributed by atoms with Crippen molar-refractivity contribution < 1.29 is 27.0 Å². The zero-order valence-electron chi connectivity index (χ0n) is 15.5. The van der Waals surface area contributed by atoms with E-state index in [1.807, 2.05) is 0 Å². The van der Waals surface area contributed by atoms with Crippen LogP contribution >= 0.6 is 0 Å². The summed E-state index contributed by atoms with van der Waals surface area (Å²) < 4.78 is 65.5. The number of rotatable bonds is 5. The van der Waals surface area contributed by atoms with E-state index < -0.39 is 36.5 Å². The Morgan fingerprint density at radius 2 is 1.90 bits per heavy atom. The highest BCUT2D eigenvalue weighted by Gasteiger charge is 2.66. The lowest BCUT2D eigenvalue weighted by atomic mass is 9.85. The molecule has 2 aromatic carbocycles. The van der Waals surface area contributed by atoms with Gasteiger partial charge in [-0.05, 0) is 30.3 Å². The molecule has 1 aromatic heterocycles. The van der Waals surface area contributed by atoms with Crippen LogP contribution in [-0.2, 0) is 4.74 Å². The predicted molar refractivity (Wildman–Crippen MR) is 100 cm³/mol. The molecule has 3 aromatic rings. The van der Waals surface area contributed by atoms with Crippen LogP contribution in [0.2, 0.25) is 0 Å². The van der Waals surface area contributed by atoms with Crippen LogP contribution in [0.1, 0.15) is 23.6 Å². The van der Waals surface area contributed by atoms with E-state index in [-0.39, 0.29) is 11.3 Å². The second-order valence-corrected chi connectivity index (χ2v) is 7.05. The number of nitrogens with two attached hydrogens (primary N) is 1. The minimum absolute atomic E-state index is 0.0460. The third-order valence-corrected chi connectivity index (χ3v) is 5.28. The summed E-state index contributed by atoms with van der Waals surface area (Å²) in [6.07, 6.45) is -5.05. The van der Waals surface area contributed by atoms with E-state index in [1.165, 1.54) is 25.3 Å². The summed E-state index contributed by atoms with van der Waals surface area (Å²) >= 11 is 0. The fraction of sp³-hybridized carbons (Fsp3) is 0.286. The van der Waals surface area contributed by atoms with Gasteiger partial charge in [-0.1, -0.05) is 18.2 Å². The van der Waals surface area contributed by atoms with Crippen molar-refractivity contribution in [1.82, 2.24) is 4.98 Å². The summed E-state index contributed by atoms with van der Waals surface area (Å²) in [5, 5.41) is 0.675. The monoisotopic (exact) mass is 406 g/mol. The van der Waals surface area contributed by atoms with E-state index in [9.17, 15) is 17.6 Å². The van der Waals surface area contributed by atoms with Crippen molar-refractivity contribution in [1.29, 1.82) is 0 Å². The van der Waals surface area contributed by atoms with E-state index in [0.717, 1.165) is 0 Å². The van der Waals surface area contributed by atoms with Gasteiger partial charge in [-0.15, -0.1) is 0 Å². The molecular formula is C21H18F4N2O2. The lowest BCUT2D eigenvalue weighted by Gasteiger charge is -2.24. The number of epoxide rings is 1. The molecule has 1 saturated heterocycles. The summed E-state index contributed by atoms with van der Waals surface area (Å²) in [6, 6.07) is 12.8. The summed E-state index contributed by atoms with van der Waals surface area (Å²) in [5.74, 6) is -1.75. The second-order valence-electron chi connectivity index (χ2n) is 7.05. The molecule has 2 heterocycles. The number of aromatic nitrogens is 1. The summed E-state index contributed by atoms with van der Waals surface area (Å²) in [4.78, 5) is 4.49. The molecule has 29 heavy (non-hydrogen) atoms. The number of hydrogen-bond acceptors (Lipinski definition) is 4. The number of hydrogen-bond donors (Lipinski definition) is 1. The zero-order chi connectivity index (χ0) is 20.8. The number of halogens is 4. The van der Waals surface area contributed by atoms with Gasteiger partial charge in [0.1, 0.15) is 0 Å². The smallest absolute Gasteiger partial charge is 0.419 e. The van der Waals surface area contributed by atoms with Crippen LogP contribution in [0.4, 0.5) is 23.2 Å². The Hall–Kier alpha value is -2.87. The Morgan fingerprint density at radius 1 is 1.17 bits per heavy atom. The van der Waals surface area contributed by atoms with Crippen molar-refractivity contribution in [3.05, 3.63) is 65.6 Å². The van der Waals surface area contributed by atoms with Gasteiger partial charge in [0, 0.05) is 34.7 Å².